The van der Waals surface area contributed by atoms with E-state index in [1.807, 2.05) is 153 Å². The second-order valence-electron chi connectivity index (χ2n) is 17.1. The van der Waals surface area contributed by atoms with Crippen LogP contribution >= 0.6 is 0 Å². The SMILES string of the molecule is Cc1ccc(-c2ccc(OCc3ccccc3)c(C[C@H](NC(=O)OCc3ccccc3)C(=O)N[C@@H](CCCNC(=O)OCc3ccccc3)C(=O)NCC(=O)NCCNC(=O)OCc3ccccc3)c2)cc1C. The largest absolute Gasteiger partial charge is 0.489 e. The second-order valence-corrected chi connectivity index (χ2v) is 17.1. The fourth-order valence-electron chi connectivity index (χ4n) is 7.36. The molecule has 0 aromatic heterocycles. The summed E-state index contributed by atoms with van der Waals surface area (Å²) in [5.74, 6) is -1.52. The number of nitrogens with one attached hydrogen (secondary N) is 6. The average Bonchev–Trinajstić information content (AvgIpc) is 3.41. The molecular formula is C57H62N6O10. The van der Waals surface area contributed by atoms with Crippen molar-refractivity contribution in [1.29, 1.82) is 0 Å². The highest BCUT2D eigenvalue weighted by Gasteiger charge is 2.29. The van der Waals surface area contributed by atoms with E-state index in [0.717, 1.165) is 44.5 Å². The van der Waals surface area contributed by atoms with E-state index in [-0.39, 0.29) is 65.3 Å². The van der Waals surface area contributed by atoms with Gasteiger partial charge in [-0.3, -0.25) is 14.4 Å². The molecule has 0 spiro atoms. The number of benzene rings is 6. The molecule has 0 fully saturated rings. The maximum Gasteiger partial charge on any atom is 0.408 e. The molecule has 0 aliphatic heterocycles. The maximum absolute atomic E-state index is 14.6. The van der Waals surface area contributed by atoms with Crippen molar-refractivity contribution < 1.29 is 47.7 Å². The molecule has 6 N–H and O–H groups in total. The minimum Gasteiger partial charge on any atom is -0.489 e. The number of aryl methyl sites for hydroxylation is 2. The summed E-state index contributed by atoms with van der Waals surface area (Å²) in [7, 11) is 0. The molecule has 0 saturated heterocycles. The number of ether oxygens (including phenoxy) is 4. The maximum atomic E-state index is 14.6. The molecule has 6 rings (SSSR count). The van der Waals surface area contributed by atoms with E-state index in [1.54, 1.807) is 12.1 Å². The third-order valence-electron chi connectivity index (χ3n) is 11.5. The highest BCUT2D eigenvalue weighted by atomic mass is 16.6. The summed E-state index contributed by atoms with van der Waals surface area (Å²) in [6.45, 7) is 4.06. The molecule has 16 nitrogen and oxygen atoms in total. The lowest BCUT2D eigenvalue weighted by Crippen LogP contribution is -2.55. The molecule has 73 heavy (non-hydrogen) atoms. The van der Waals surface area contributed by atoms with Crippen LogP contribution in [0.15, 0.2) is 158 Å². The minimum absolute atomic E-state index is 0.00599. The lowest BCUT2D eigenvalue weighted by molar-refractivity contribution is -0.131. The zero-order valence-electron chi connectivity index (χ0n) is 41.0. The van der Waals surface area contributed by atoms with E-state index in [9.17, 15) is 28.8 Å². The average molecular weight is 991 g/mol. The number of carbonyl (C=O) groups is 6. The Hall–Kier alpha value is -8.66. The summed E-state index contributed by atoms with van der Waals surface area (Å²) in [6.07, 6.45) is -2.09. The van der Waals surface area contributed by atoms with Gasteiger partial charge in [-0.1, -0.05) is 146 Å². The first kappa shape index (κ1) is 53.7. The van der Waals surface area contributed by atoms with Crippen LogP contribution < -0.4 is 36.6 Å². The molecule has 0 aliphatic carbocycles. The van der Waals surface area contributed by atoms with Gasteiger partial charge in [0.05, 0.1) is 6.54 Å². The van der Waals surface area contributed by atoms with Crippen LogP contribution in [0, 0.1) is 13.8 Å². The Balaban J connectivity index is 1.17. The molecule has 0 unspecified atom stereocenters. The first-order valence-corrected chi connectivity index (χ1v) is 24.1. The summed E-state index contributed by atoms with van der Waals surface area (Å²) in [5, 5.41) is 16.0. The first-order valence-electron chi connectivity index (χ1n) is 24.1. The van der Waals surface area contributed by atoms with Gasteiger partial charge >= 0.3 is 18.3 Å². The molecule has 0 aliphatic rings. The molecular weight excluding hydrogens is 929 g/mol. The van der Waals surface area contributed by atoms with Gasteiger partial charge in [-0.25, -0.2) is 14.4 Å². The third kappa shape index (κ3) is 18.9. The van der Waals surface area contributed by atoms with Crippen molar-refractivity contribution in [3.8, 4) is 16.9 Å². The Morgan fingerprint density at radius 3 is 1.51 bits per heavy atom. The molecule has 0 bridgehead atoms. The summed E-state index contributed by atoms with van der Waals surface area (Å²) >= 11 is 0. The van der Waals surface area contributed by atoms with E-state index in [1.165, 1.54) is 0 Å². The molecule has 6 aromatic carbocycles. The summed E-state index contributed by atoms with van der Waals surface area (Å²) < 4.78 is 22.5. The van der Waals surface area contributed by atoms with Crippen LogP contribution in [-0.2, 0) is 61.4 Å². The second kappa shape index (κ2) is 28.9. The Bertz CT molecular complexity index is 2730. The van der Waals surface area contributed by atoms with Crippen molar-refractivity contribution in [2.75, 3.05) is 26.2 Å². The van der Waals surface area contributed by atoms with Gasteiger partial charge < -0.3 is 50.8 Å². The lowest BCUT2D eigenvalue weighted by Gasteiger charge is -2.24. The van der Waals surface area contributed by atoms with E-state index in [4.69, 9.17) is 18.9 Å². The Labute approximate surface area is 425 Å². The van der Waals surface area contributed by atoms with Crippen LogP contribution in [0.1, 0.15) is 51.8 Å². The van der Waals surface area contributed by atoms with Gasteiger partial charge in [0.15, 0.2) is 0 Å². The van der Waals surface area contributed by atoms with Crippen molar-refractivity contribution in [3.05, 3.63) is 197 Å². The molecule has 0 heterocycles. The summed E-state index contributed by atoms with van der Waals surface area (Å²) in [4.78, 5) is 79.8. The standard InChI is InChI=1S/C57H62N6O10/c1-40-25-26-46(32-41(40)2)47-27-28-51(70-36-42-16-7-3-8-17-42)48(33-47)34-50(63-57(69)73-39-45-22-13-6-14-23-45)54(66)62-49(24-15-29-59-55(67)71-37-43-18-9-4-10-19-43)53(65)61-35-52(64)58-30-31-60-56(68)72-38-44-20-11-5-12-21-44/h3-14,16-23,25-28,32-33,49-50H,15,24,29-31,34-39H2,1-2H3,(H,58,64)(H,59,67)(H,60,68)(H,61,65)(H,62,66)(H,63,69)/t49-,50-/m0/s1. The van der Waals surface area contributed by atoms with Gasteiger partial charge in [0.2, 0.25) is 17.7 Å². The van der Waals surface area contributed by atoms with E-state index >= 15 is 0 Å². The summed E-state index contributed by atoms with van der Waals surface area (Å²) in [6, 6.07) is 46.3. The Morgan fingerprint density at radius 2 is 0.945 bits per heavy atom. The monoisotopic (exact) mass is 990 g/mol. The van der Waals surface area contributed by atoms with Crippen LogP contribution in [-0.4, -0.2) is 74.3 Å². The number of hydrogen-bond donors (Lipinski definition) is 6. The highest BCUT2D eigenvalue weighted by Crippen LogP contribution is 2.30. The number of alkyl carbamates (subject to hydrolysis) is 3. The molecule has 380 valence electrons. The van der Waals surface area contributed by atoms with Crippen molar-refractivity contribution in [2.45, 2.75) is 71.6 Å². The summed E-state index contributed by atoms with van der Waals surface area (Å²) in [5.41, 5.74) is 7.87. The predicted octanol–water partition coefficient (Wildman–Crippen LogP) is 7.74. The van der Waals surface area contributed by atoms with Crippen LogP contribution in [0.4, 0.5) is 14.4 Å². The topological polar surface area (TPSA) is 212 Å². The van der Waals surface area contributed by atoms with Crippen molar-refractivity contribution >= 4 is 36.0 Å². The number of amides is 6. The van der Waals surface area contributed by atoms with Gasteiger partial charge in [0.1, 0.15) is 44.3 Å². The minimum atomic E-state index is -1.31. The first-order chi connectivity index (χ1) is 35.5. The fraction of sp³-hybridized carbons (Fsp3) is 0.263. The lowest BCUT2D eigenvalue weighted by atomic mass is 9.96. The van der Waals surface area contributed by atoms with Crippen LogP contribution in [0.3, 0.4) is 0 Å². The smallest absolute Gasteiger partial charge is 0.408 e. The number of rotatable bonds is 25. The van der Waals surface area contributed by atoms with E-state index in [2.05, 4.69) is 38.0 Å². The third-order valence-corrected chi connectivity index (χ3v) is 11.5. The normalized spacial score (nSPS) is 11.4. The zero-order chi connectivity index (χ0) is 51.6. The van der Waals surface area contributed by atoms with Crippen LogP contribution in [0.5, 0.6) is 5.75 Å². The van der Waals surface area contributed by atoms with Crippen molar-refractivity contribution in [1.82, 2.24) is 31.9 Å². The highest BCUT2D eigenvalue weighted by molar-refractivity contribution is 5.93. The van der Waals surface area contributed by atoms with Crippen molar-refractivity contribution in [2.24, 2.45) is 0 Å². The van der Waals surface area contributed by atoms with Gasteiger partial charge in [-0.15, -0.1) is 0 Å². The fourth-order valence-corrected chi connectivity index (χ4v) is 7.36. The predicted molar refractivity (Wildman–Crippen MR) is 276 cm³/mol. The zero-order valence-corrected chi connectivity index (χ0v) is 41.0. The molecule has 0 radical (unpaired) electrons. The quantitative estimate of drug-likeness (QED) is 0.0243. The van der Waals surface area contributed by atoms with Crippen LogP contribution in [0.2, 0.25) is 0 Å². The molecule has 2 atom stereocenters. The van der Waals surface area contributed by atoms with E-state index in [0.29, 0.717) is 11.3 Å². The van der Waals surface area contributed by atoms with Gasteiger partial charge in [0.25, 0.3) is 0 Å². The van der Waals surface area contributed by atoms with Crippen molar-refractivity contribution in [3.63, 3.8) is 0 Å². The van der Waals surface area contributed by atoms with Gasteiger partial charge in [0, 0.05) is 26.1 Å². The Kier molecular flexibility index (Phi) is 21.2. The molecule has 0 saturated carbocycles. The molecule has 16 heteroatoms. The molecule has 6 amide bonds. The molecule has 6 aromatic rings. The van der Waals surface area contributed by atoms with Gasteiger partial charge in [-0.05, 0) is 88.9 Å². The van der Waals surface area contributed by atoms with Crippen LogP contribution in [0.25, 0.3) is 11.1 Å². The Morgan fingerprint density at radius 1 is 0.452 bits per heavy atom. The number of carbonyl (C=O) groups excluding carboxylic acids is 6. The number of hydrogen-bond acceptors (Lipinski definition) is 10. The van der Waals surface area contributed by atoms with Gasteiger partial charge in [-0.2, -0.15) is 0 Å². The van der Waals surface area contributed by atoms with E-state index < -0.39 is 54.6 Å².